The van der Waals surface area contributed by atoms with Crippen molar-refractivity contribution >= 4 is 16.8 Å². The van der Waals surface area contributed by atoms with Gasteiger partial charge in [0, 0.05) is 35.6 Å². The van der Waals surface area contributed by atoms with Gasteiger partial charge in [0.05, 0.1) is 21.9 Å². The van der Waals surface area contributed by atoms with Gasteiger partial charge in [-0.15, -0.1) is 0 Å². The maximum absolute atomic E-state index is 16.2. The number of hydrogen-bond donors (Lipinski definition) is 0. The van der Waals surface area contributed by atoms with E-state index in [0.717, 1.165) is 43.2 Å². The van der Waals surface area contributed by atoms with Gasteiger partial charge in [-0.3, -0.25) is 0 Å². The smallest absolute Gasteiger partial charge is 0.207 e. The Bertz CT molecular complexity index is 2040. The highest BCUT2D eigenvalue weighted by molar-refractivity contribution is 6.03. The second-order valence-corrected chi connectivity index (χ2v) is 14.2. The molecule has 2 atom stereocenters. The largest absolute Gasteiger partial charge is 0.222 e. The fraction of sp³-hybridized carbons (Fsp3) is 0.349. The SMILES string of the molecule is CCCCc1ccc2c3c4[n+](ccc13)C(C=Cc1ccccc1-c1cccc[n+]1C)(CC)C(C)(CC)c1ccc(F)c(c1-4)C2(C)C. The van der Waals surface area contributed by atoms with E-state index in [9.17, 15) is 0 Å². The number of unbranched alkanes of at least 4 members (excludes halogenated alkanes) is 1. The van der Waals surface area contributed by atoms with Crippen LogP contribution in [-0.2, 0) is 29.8 Å². The molecule has 7 rings (SSSR count). The summed E-state index contributed by atoms with van der Waals surface area (Å²) in [4.78, 5) is 0. The van der Waals surface area contributed by atoms with Gasteiger partial charge in [0.15, 0.2) is 17.9 Å². The highest BCUT2D eigenvalue weighted by atomic mass is 19.1. The molecule has 2 nitrogen and oxygen atoms in total. The van der Waals surface area contributed by atoms with Crippen molar-refractivity contribution in [2.24, 2.45) is 7.05 Å². The molecule has 2 unspecified atom stereocenters. The summed E-state index contributed by atoms with van der Waals surface area (Å²) in [5.74, 6) is -0.101. The maximum Gasteiger partial charge on any atom is 0.222 e. The minimum atomic E-state index is -0.454. The molecule has 3 heterocycles. The molecule has 3 heteroatoms. The Balaban J connectivity index is 1.57. The second kappa shape index (κ2) is 11.0. The lowest BCUT2D eigenvalue weighted by Gasteiger charge is -2.49. The number of aryl methyl sites for hydroxylation is 2. The van der Waals surface area contributed by atoms with Crippen molar-refractivity contribution in [2.45, 2.75) is 90.0 Å². The van der Waals surface area contributed by atoms with Crippen LogP contribution >= 0.6 is 0 Å². The summed E-state index contributed by atoms with van der Waals surface area (Å²) >= 11 is 0. The number of halogens is 1. The number of aromatic nitrogens is 2. The zero-order valence-corrected chi connectivity index (χ0v) is 28.5. The van der Waals surface area contributed by atoms with Crippen LogP contribution in [0.3, 0.4) is 0 Å². The molecule has 46 heavy (non-hydrogen) atoms. The summed E-state index contributed by atoms with van der Waals surface area (Å²) in [5, 5.41) is 2.63. The van der Waals surface area contributed by atoms with Gasteiger partial charge < -0.3 is 0 Å². The predicted octanol–water partition coefficient (Wildman–Crippen LogP) is 9.91. The summed E-state index contributed by atoms with van der Waals surface area (Å²) < 4.78 is 21.0. The molecular formula is C43H47FN2+2. The minimum absolute atomic E-state index is 0.101. The number of rotatable bonds is 8. The van der Waals surface area contributed by atoms with Gasteiger partial charge in [-0.1, -0.05) is 83.5 Å². The van der Waals surface area contributed by atoms with Gasteiger partial charge in [0.1, 0.15) is 12.9 Å². The molecule has 0 spiro atoms. The Hall–Kier alpha value is -4.11. The molecule has 3 aromatic carbocycles. The lowest BCUT2D eigenvalue weighted by Crippen LogP contribution is -2.68. The van der Waals surface area contributed by atoms with Gasteiger partial charge >= 0.3 is 0 Å². The highest BCUT2D eigenvalue weighted by Crippen LogP contribution is 2.58. The first-order valence-corrected chi connectivity index (χ1v) is 17.2. The molecule has 2 aromatic heterocycles. The number of nitrogens with zero attached hydrogens (tertiary/aromatic N) is 2. The first kappa shape index (κ1) is 30.5. The molecule has 1 aliphatic heterocycles. The summed E-state index contributed by atoms with van der Waals surface area (Å²) in [6.45, 7) is 13.7. The topological polar surface area (TPSA) is 7.76 Å². The van der Waals surface area contributed by atoms with Gasteiger partial charge in [0.2, 0.25) is 11.4 Å². The van der Waals surface area contributed by atoms with Crippen molar-refractivity contribution < 1.29 is 13.5 Å². The minimum Gasteiger partial charge on any atom is -0.207 e. The van der Waals surface area contributed by atoms with E-state index >= 15 is 4.39 Å². The summed E-state index contributed by atoms with van der Waals surface area (Å²) in [6, 6.07) is 25.9. The Morgan fingerprint density at radius 2 is 1.57 bits per heavy atom. The van der Waals surface area contributed by atoms with Crippen molar-refractivity contribution in [3.8, 4) is 22.5 Å². The third kappa shape index (κ3) is 4.06. The first-order chi connectivity index (χ1) is 22.1. The molecular weight excluding hydrogens is 563 g/mol. The van der Waals surface area contributed by atoms with Crippen LogP contribution in [0, 0.1) is 5.82 Å². The van der Waals surface area contributed by atoms with E-state index in [1.54, 1.807) is 6.07 Å². The average molecular weight is 611 g/mol. The predicted molar refractivity (Wildman–Crippen MR) is 188 cm³/mol. The van der Waals surface area contributed by atoms with Crippen molar-refractivity contribution in [2.75, 3.05) is 0 Å². The van der Waals surface area contributed by atoms with E-state index in [4.69, 9.17) is 0 Å². The van der Waals surface area contributed by atoms with Crippen LogP contribution in [-0.4, -0.2) is 0 Å². The Kier molecular flexibility index (Phi) is 7.31. The van der Waals surface area contributed by atoms with Crippen LogP contribution in [0.1, 0.15) is 95.0 Å². The van der Waals surface area contributed by atoms with Crippen molar-refractivity contribution in [1.82, 2.24) is 0 Å². The molecule has 5 aromatic rings. The maximum atomic E-state index is 16.2. The lowest BCUT2D eigenvalue weighted by atomic mass is 9.56. The molecule has 234 valence electrons. The van der Waals surface area contributed by atoms with Gasteiger partial charge in [-0.2, -0.15) is 4.57 Å². The molecule has 0 saturated carbocycles. The van der Waals surface area contributed by atoms with Gasteiger partial charge in [-0.05, 0) is 78.1 Å². The molecule has 0 saturated heterocycles. The third-order valence-corrected chi connectivity index (χ3v) is 11.7. The van der Waals surface area contributed by atoms with Crippen LogP contribution in [0.4, 0.5) is 4.39 Å². The molecule has 0 bridgehead atoms. The zero-order valence-electron chi connectivity index (χ0n) is 28.5. The van der Waals surface area contributed by atoms with Gasteiger partial charge in [0.25, 0.3) is 0 Å². The fourth-order valence-corrected chi connectivity index (χ4v) is 9.01. The molecule has 0 radical (unpaired) electrons. The molecule has 0 N–H and O–H groups in total. The first-order valence-electron chi connectivity index (χ1n) is 17.2. The summed E-state index contributed by atoms with van der Waals surface area (Å²) in [7, 11) is 2.11. The molecule has 0 amide bonds. The van der Waals surface area contributed by atoms with Crippen LogP contribution < -0.4 is 9.13 Å². The standard InChI is InChI=1S/C43H47FN2/c1-8-11-16-29-20-21-33-37-32(29)25-28-46-40(37)38-34(22-23-35(44)39(38)41(33,4)5)42(6,9-2)43(46,10-3)26-24-30-17-12-13-18-31(30)36-19-14-15-27-45(36)7/h12-15,17-28H,8-11,16H2,1-7H3/q+2. The molecule has 2 aliphatic rings. The number of allylic oxidation sites excluding steroid dienone is 1. The monoisotopic (exact) mass is 610 g/mol. The van der Waals surface area contributed by atoms with Crippen LogP contribution in [0.25, 0.3) is 39.4 Å². The van der Waals surface area contributed by atoms with E-state index in [2.05, 4.69) is 149 Å². The van der Waals surface area contributed by atoms with E-state index in [-0.39, 0.29) is 16.8 Å². The third-order valence-electron chi connectivity index (χ3n) is 11.7. The average Bonchev–Trinajstić information content (AvgIpc) is 3.06. The lowest BCUT2D eigenvalue weighted by molar-refractivity contribution is -0.755. The second-order valence-electron chi connectivity index (χ2n) is 14.2. The van der Waals surface area contributed by atoms with Crippen molar-refractivity contribution in [3.63, 3.8) is 0 Å². The van der Waals surface area contributed by atoms with Gasteiger partial charge in [-0.25, -0.2) is 8.96 Å². The van der Waals surface area contributed by atoms with Crippen LogP contribution in [0.5, 0.6) is 0 Å². The highest BCUT2D eigenvalue weighted by Gasteiger charge is 2.60. The number of hydrogen-bond acceptors (Lipinski definition) is 0. The zero-order chi connectivity index (χ0) is 32.4. The van der Waals surface area contributed by atoms with E-state index < -0.39 is 5.41 Å². The Morgan fingerprint density at radius 1 is 0.804 bits per heavy atom. The summed E-state index contributed by atoms with van der Waals surface area (Å²) in [6.07, 6.45) is 14.5. The van der Waals surface area contributed by atoms with Crippen LogP contribution in [0.2, 0.25) is 0 Å². The van der Waals surface area contributed by atoms with Crippen LogP contribution in [0.15, 0.2) is 91.3 Å². The summed E-state index contributed by atoms with van der Waals surface area (Å²) in [5.41, 5.74) is 9.52. The number of pyridine rings is 2. The van der Waals surface area contributed by atoms with Crippen molar-refractivity contribution in [1.29, 1.82) is 0 Å². The van der Waals surface area contributed by atoms with Crippen molar-refractivity contribution in [3.05, 3.63) is 125 Å². The van der Waals surface area contributed by atoms with E-state index in [0.29, 0.717) is 0 Å². The molecule has 1 aliphatic carbocycles. The van der Waals surface area contributed by atoms with E-state index in [1.165, 1.54) is 50.0 Å². The number of benzene rings is 3. The molecule has 0 fully saturated rings. The Labute approximate surface area is 274 Å². The Morgan fingerprint density at radius 3 is 2.30 bits per heavy atom. The normalized spacial score (nSPS) is 20.9. The quantitative estimate of drug-likeness (QED) is 0.155. The fourth-order valence-electron chi connectivity index (χ4n) is 9.01. The van der Waals surface area contributed by atoms with E-state index in [1.807, 2.05) is 0 Å².